The molecule has 142 valence electrons. The Labute approximate surface area is 162 Å². The van der Waals surface area contributed by atoms with Crippen LogP contribution in [0, 0.1) is 18.6 Å². The minimum Gasteiger partial charge on any atom is -0.497 e. The molecule has 28 heavy (non-hydrogen) atoms. The number of carbonyl (C=O) groups is 1. The van der Waals surface area contributed by atoms with Gasteiger partial charge in [0, 0.05) is 12.1 Å². The van der Waals surface area contributed by atoms with Crippen molar-refractivity contribution in [1.29, 1.82) is 0 Å². The van der Waals surface area contributed by atoms with Crippen LogP contribution < -0.4 is 10.1 Å². The van der Waals surface area contributed by atoms with E-state index >= 15 is 0 Å². The van der Waals surface area contributed by atoms with Crippen molar-refractivity contribution in [2.24, 2.45) is 0 Å². The zero-order chi connectivity index (χ0) is 19.8. The highest BCUT2D eigenvalue weighted by Gasteiger charge is 2.18. The third-order valence-corrected chi connectivity index (χ3v) is 5.01. The Morgan fingerprint density at radius 2 is 2.00 bits per heavy atom. The predicted molar refractivity (Wildman–Crippen MR) is 102 cm³/mol. The molecule has 4 aromatic rings. The van der Waals surface area contributed by atoms with Gasteiger partial charge in [-0.3, -0.25) is 4.79 Å². The monoisotopic (exact) mass is 400 g/mol. The van der Waals surface area contributed by atoms with Crippen molar-refractivity contribution >= 4 is 33.3 Å². The van der Waals surface area contributed by atoms with E-state index in [1.165, 1.54) is 16.0 Å². The minimum atomic E-state index is -0.938. The van der Waals surface area contributed by atoms with Crippen LogP contribution in [0.3, 0.4) is 0 Å². The van der Waals surface area contributed by atoms with Crippen molar-refractivity contribution in [1.82, 2.24) is 14.8 Å². The van der Waals surface area contributed by atoms with Gasteiger partial charge in [-0.1, -0.05) is 11.3 Å². The molecule has 0 spiro atoms. The number of nitrogens with one attached hydrogen (secondary N) is 1. The van der Waals surface area contributed by atoms with Gasteiger partial charge in [0.2, 0.25) is 5.13 Å². The summed E-state index contributed by atoms with van der Waals surface area (Å²) < 4.78 is 34.6. The second-order valence-corrected chi connectivity index (χ2v) is 7.00. The maximum absolute atomic E-state index is 13.9. The van der Waals surface area contributed by atoms with Crippen molar-refractivity contribution in [2.75, 3.05) is 12.4 Å². The van der Waals surface area contributed by atoms with Crippen molar-refractivity contribution in [3.8, 4) is 10.9 Å². The van der Waals surface area contributed by atoms with E-state index in [0.29, 0.717) is 28.5 Å². The molecule has 0 atom stereocenters. The molecule has 0 aliphatic heterocycles. The Kier molecular flexibility index (Phi) is 4.52. The number of amides is 1. The molecule has 0 bridgehead atoms. The quantitative estimate of drug-likeness (QED) is 0.554. The zero-order valence-electron chi connectivity index (χ0n) is 14.9. The molecule has 0 fully saturated rings. The van der Waals surface area contributed by atoms with Crippen molar-refractivity contribution < 1.29 is 18.3 Å². The Morgan fingerprint density at radius 1 is 1.18 bits per heavy atom. The lowest BCUT2D eigenvalue weighted by Gasteiger charge is -2.07. The lowest BCUT2D eigenvalue weighted by molar-refractivity contribution is 0.102. The summed E-state index contributed by atoms with van der Waals surface area (Å²) in [5.41, 5.74) is 1.14. The van der Waals surface area contributed by atoms with Gasteiger partial charge in [0.15, 0.2) is 0 Å². The van der Waals surface area contributed by atoms with Crippen LogP contribution >= 0.6 is 11.3 Å². The third kappa shape index (κ3) is 3.31. The maximum atomic E-state index is 13.9. The molecule has 0 aliphatic carbocycles. The summed E-state index contributed by atoms with van der Waals surface area (Å²) in [6, 6.07) is 9.93. The number of aryl methyl sites for hydroxylation is 1. The SMILES string of the molecule is COc1ccc2nc(-n3nc(C)cc3NC(=O)c3ccc(F)cc3F)sc2c1. The first-order chi connectivity index (χ1) is 13.4. The number of nitrogens with zero attached hydrogens (tertiary/aromatic N) is 3. The van der Waals surface area contributed by atoms with Crippen molar-refractivity contribution in [2.45, 2.75) is 6.92 Å². The topological polar surface area (TPSA) is 69.0 Å². The van der Waals surface area contributed by atoms with Gasteiger partial charge >= 0.3 is 0 Å². The van der Waals surface area contributed by atoms with E-state index in [0.717, 1.165) is 22.3 Å². The highest BCUT2D eigenvalue weighted by Crippen LogP contribution is 2.30. The Bertz CT molecular complexity index is 1200. The molecule has 9 heteroatoms. The molecule has 0 aliphatic rings. The standard InChI is InChI=1S/C19H14F2N4O2S/c1-10-7-17(23-18(26)13-5-3-11(20)8-14(13)21)25(24-10)19-22-15-6-4-12(27-2)9-16(15)28-19/h3-9H,1-2H3,(H,23,26). The molecule has 6 nitrogen and oxygen atoms in total. The first-order valence-electron chi connectivity index (χ1n) is 8.22. The second-order valence-electron chi connectivity index (χ2n) is 5.99. The summed E-state index contributed by atoms with van der Waals surface area (Å²) in [5, 5.41) is 7.51. The number of benzene rings is 2. The number of hydrogen-bond donors (Lipinski definition) is 1. The number of rotatable bonds is 4. The van der Waals surface area contributed by atoms with Gasteiger partial charge in [-0.2, -0.15) is 9.78 Å². The van der Waals surface area contributed by atoms with Crippen LogP contribution in [0.25, 0.3) is 15.3 Å². The van der Waals surface area contributed by atoms with Crippen LogP contribution in [0.5, 0.6) is 5.75 Å². The highest BCUT2D eigenvalue weighted by atomic mass is 32.1. The summed E-state index contributed by atoms with van der Waals surface area (Å²) >= 11 is 1.37. The normalized spacial score (nSPS) is 11.0. The van der Waals surface area contributed by atoms with Crippen LogP contribution in [0.2, 0.25) is 0 Å². The number of halogens is 2. The second kappa shape index (κ2) is 7.01. The van der Waals surface area contributed by atoms with E-state index < -0.39 is 17.5 Å². The molecule has 0 saturated heterocycles. The summed E-state index contributed by atoms with van der Waals surface area (Å²) in [4.78, 5) is 17.0. The van der Waals surface area contributed by atoms with Crippen LogP contribution in [0.1, 0.15) is 16.1 Å². The summed E-state index contributed by atoms with van der Waals surface area (Å²) in [5.74, 6) is -1.36. The zero-order valence-corrected chi connectivity index (χ0v) is 15.7. The molecule has 2 aromatic heterocycles. The van der Waals surface area contributed by atoms with Gasteiger partial charge < -0.3 is 10.1 Å². The van der Waals surface area contributed by atoms with E-state index in [4.69, 9.17) is 4.74 Å². The molecule has 0 saturated carbocycles. The van der Waals surface area contributed by atoms with E-state index in [-0.39, 0.29) is 5.56 Å². The molecule has 0 unspecified atom stereocenters. The van der Waals surface area contributed by atoms with Gasteiger partial charge in [-0.25, -0.2) is 13.8 Å². The molecular formula is C19H14F2N4O2S. The first kappa shape index (κ1) is 18.1. The first-order valence-corrected chi connectivity index (χ1v) is 9.04. The molecule has 2 heterocycles. The van der Waals surface area contributed by atoms with Crippen LogP contribution in [-0.4, -0.2) is 27.8 Å². The largest absolute Gasteiger partial charge is 0.497 e. The molecule has 4 rings (SSSR count). The van der Waals surface area contributed by atoms with Gasteiger partial charge in [-0.15, -0.1) is 0 Å². The average Bonchev–Trinajstić information content (AvgIpc) is 3.23. The lowest BCUT2D eigenvalue weighted by atomic mass is 10.2. The molecule has 0 radical (unpaired) electrons. The molecule has 2 aromatic carbocycles. The smallest absolute Gasteiger partial charge is 0.259 e. The molecule has 1 amide bonds. The number of carbonyl (C=O) groups excluding carboxylic acids is 1. The number of aromatic nitrogens is 3. The Morgan fingerprint density at radius 3 is 2.75 bits per heavy atom. The fraction of sp³-hybridized carbons (Fsp3) is 0.105. The van der Waals surface area contributed by atoms with Crippen molar-refractivity contribution in [3.63, 3.8) is 0 Å². The fourth-order valence-electron chi connectivity index (χ4n) is 2.70. The Balaban J connectivity index is 1.70. The minimum absolute atomic E-state index is 0.263. The Hall–Kier alpha value is -3.33. The fourth-order valence-corrected chi connectivity index (χ4v) is 3.66. The van der Waals surface area contributed by atoms with E-state index in [1.54, 1.807) is 26.2 Å². The van der Waals surface area contributed by atoms with Crippen LogP contribution in [-0.2, 0) is 0 Å². The van der Waals surface area contributed by atoms with E-state index in [2.05, 4.69) is 15.4 Å². The molecule has 1 N–H and O–H groups in total. The summed E-state index contributed by atoms with van der Waals surface area (Å²) in [6.45, 7) is 1.76. The maximum Gasteiger partial charge on any atom is 0.259 e. The van der Waals surface area contributed by atoms with Crippen molar-refractivity contribution in [3.05, 3.63) is 65.4 Å². The van der Waals surface area contributed by atoms with Gasteiger partial charge in [0.25, 0.3) is 5.91 Å². The highest BCUT2D eigenvalue weighted by molar-refractivity contribution is 7.20. The number of thiazole rings is 1. The number of anilines is 1. The van der Waals surface area contributed by atoms with Gasteiger partial charge in [0.05, 0.1) is 28.6 Å². The van der Waals surface area contributed by atoms with Crippen LogP contribution in [0.4, 0.5) is 14.6 Å². The number of ether oxygens (including phenoxy) is 1. The van der Waals surface area contributed by atoms with Gasteiger partial charge in [-0.05, 0) is 37.3 Å². The van der Waals surface area contributed by atoms with Gasteiger partial charge in [0.1, 0.15) is 23.2 Å². The number of fused-ring (bicyclic) bond motifs is 1. The molecular weight excluding hydrogens is 386 g/mol. The summed E-state index contributed by atoms with van der Waals surface area (Å²) in [6.07, 6.45) is 0. The third-order valence-electron chi connectivity index (χ3n) is 4.01. The lowest BCUT2D eigenvalue weighted by Crippen LogP contribution is -2.16. The van der Waals surface area contributed by atoms with E-state index in [9.17, 15) is 13.6 Å². The number of hydrogen-bond acceptors (Lipinski definition) is 5. The van der Waals surface area contributed by atoms with Crippen LogP contribution in [0.15, 0.2) is 42.5 Å². The average molecular weight is 400 g/mol. The number of methoxy groups -OCH3 is 1. The van der Waals surface area contributed by atoms with E-state index in [1.807, 2.05) is 12.1 Å². The predicted octanol–water partition coefficient (Wildman–Crippen LogP) is 4.33. The summed E-state index contributed by atoms with van der Waals surface area (Å²) in [7, 11) is 1.59.